The second kappa shape index (κ2) is 11.1. The lowest BCUT2D eigenvalue weighted by Gasteiger charge is -2.20. The molecule has 0 radical (unpaired) electrons. The standard InChI is InChI=1S/C31H27ClN2O5S/c1-19-11-14-23(15-12-19)40(36,37)34-29-24-9-4-5-10-27(24)39-30(29)28(20-7-6-8-22(32)17-20)21-13-16-26(33-2)25(18-21)31(35)38-3/h4-18,28,33-34H,1-3H3/t28-/m1/s1. The molecule has 2 N–H and O–H groups in total. The first-order valence-electron chi connectivity index (χ1n) is 12.5. The van der Waals surface area contributed by atoms with Gasteiger partial charge in [0.05, 0.1) is 29.2 Å². The summed E-state index contributed by atoms with van der Waals surface area (Å²) in [5.74, 6) is -0.788. The van der Waals surface area contributed by atoms with Crippen LogP contribution in [-0.2, 0) is 14.8 Å². The van der Waals surface area contributed by atoms with Crippen LogP contribution in [0, 0.1) is 6.92 Å². The Bertz CT molecular complexity index is 1810. The Kier molecular flexibility index (Phi) is 7.56. The van der Waals surface area contributed by atoms with Crippen molar-refractivity contribution in [2.75, 3.05) is 24.2 Å². The molecule has 1 aromatic heterocycles. The van der Waals surface area contributed by atoms with Crippen LogP contribution in [0.25, 0.3) is 11.0 Å². The summed E-state index contributed by atoms with van der Waals surface area (Å²) in [7, 11) is -0.941. The monoisotopic (exact) mass is 574 g/mol. The second-order valence-electron chi connectivity index (χ2n) is 9.29. The highest BCUT2D eigenvalue weighted by molar-refractivity contribution is 7.92. The first kappa shape index (κ1) is 27.3. The summed E-state index contributed by atoms with van der Waals surface area (Å²) >= 11 is 6.41. The third-order valence-corrected chi connectivity index (χ3v) is 8.29. The number of sulfonamides is 1. The first-order chi connectivity index (χ1) is 19.2. The lowest BCUT2D eigenvalue weighted by Crippen LogP contribution is -2.15. The number of carbonyl (C=O) groups is 1. The van der Waals surface area contributed by atoms with Crippen LogP contribution in [0.5, 0.6) is 0 Å². The van der Waals surface area contributed by atoms with Gasteiger partial charge in [0.15, 0.2) is 0 Å². The van der Waals surface area contributed by atoms with Crippen molar-refractivity contribution >= 4 is 49.9 Å². The number of hydrogen-bond acceptors (Lipinski definition) is 6. The molecule has 40 heavy (non-hydrogen) atoms. The number of fused-ring (bicyclic) bond motifs is 1. The molecule has 0 fully saturated rings. The van der Waals surface area contributed by atoms with E-state index in [1.165, 1.54) is 7.11 Å². The number of aryl methyl sites for hydroxylation is 1. The smallest absolute Gasteiger partial charge is 0.339 e. The van der Waals surface area contributed by atoms with Crippen molar-refractivity contribution in [2.24, 2.45) is 0 Å². The van der Waals surface area contributed by atoms with Gasteiger partial charge in [-0.25, -0.2) is 13.2 Å². The van der Waals surface area contributed by atoms with Crippen LogP contribution < -0.4 is 10.0 Å². The van der Waals surface area contributed by atoms with Gasteiger partial charge in [0, 0.05) is 23.1 Å². The highest BCUT2D eigenvalue weighted by atomic mass is 35.5. The number of para-hydroxylation sites is 1. The van der Waals surface area contributed by atoms with E-state index < -0.39 is 21.9 Å². The van der Waals surface area contributed by atoms with E-state index in [0.29, 0.717) is 44.3 Å². The Morgan fingerprint density at radius 2 is 1.65 bits per heavy atom. The molecular weight excluding hydrogens is 548 g/mol. The van der Waals surface area contributed by atoms with Gasteiger partial charge in [-0.1, -0.05) is 59.6 Å². The summed E-state index contributed by atoms with van der Waals surface area (Å²) in [5, 5.41) is 4.11. The number of benzene rings is 4. The summed E-state index contributed by atoms with van der Waals surface area (Å²) in [5.41, 5.74) is 4.09. The topological polar surface area (TPSA) is 97.6 Å². The van der Waals surface area contributed by atoms with E-state index in [4.69, 9.17) is 20.8 Å². The molecular formula is C31H27ClN2O5S. The maximum Gasteiger partial charge on any atom is 0.339 e. The molecule has 0 bridgehead atoms. The van der Waals surface area contributed by atoms with Gasteiger partial charge >= 0.3 is 5.97 Å². The molecule has 0 aliphatic heterocycles. The van der Waals surface area contributed by atoms with Crippen LogP contribution in [0.1, 0.15) is 38.7 Å². The number of rotatable bonds is 8. The fourth-order valence-corrected chi connectivity index (χ4v) is 5.99. The van der Waals surface area contributed by atoms with E-state index in [1.807, 2.05) is 37.3 Å². The van der Waals surface area contributed by atoms with E-state index in [0.717, 1.165) is 11.1 Å². The number of hydrogen-bond donors (Lipinski definition) is 2. The molecule has 0 saturated carbocycles. The number of furan rings is 1. The Labute approximate surface area is 237 Å². The zero-order chi connectivity index (χ0) is 28.4. The quantitative estimate of drug-likeness (QED) is 0.190. The normalized spacial score (nSPS) is 12.2. The molecule has 1 atom stereocenters. The SMILES string of the molecule is CNc1ccc([C@@H](c2cccc(Cl)c2)c2oc3ccccc3c2NS(=O)(=O)c2ccc(C)cc2)cc1C(=O)OC. The molecule has 204 valence electrons. The van der Waals surface area contributed by atoms with Crippen LogP contribution in [0.4, 0.5) is 11.4 Å². The Balaban J connectivity index is 1.76. The zero-order valence-electron chi connectivity index (χ0n) is 22.1. The van der Waals surface area contributed by atoms with Crippen molar-refractivity contribution in [2.45, 2.75) is 17.7 Å². The van der Waals surface area contributed by atoms with Gasteiger partial charge in [0.2, 0.25) is 0 Å². The second-order valence-corrected chi connectivity index (χ2v) is 11.4. The fraction of sp³-hybridized carbons (Fsp3) is 0.129. The van der Waals surface area contributed by atoms with Gasteiger partial charge in [-0.2, -0.15) is 0 Å². The molecule has 0 saturated heterocycles. The minimum absolute atomic E-state index is 0.125. The third kappa shape index (κ3) is 5.28. The summed E-state index contributed by atoms with van der Waals surface area (Å²) in [4.78, 5) is 12.8. The number of ether oxygens (including phenoxy) is 1. The summed E-state index contributed by atoms with van der Waals surface area (Å²) in [6.07, 6.45) is 0. The van der Waals surface area contributed by atoms with E-state index in [9.17, 15) is 13.2 Å². The number of nitrogens with one attached hydrogen (secondary N) is 2. The van der Waals surface area contributed by atoms with Gasteiger partial charge in [0.1, 0.15) is 11.3 Å². The average molecular weight is 575 g/mol. The highest BCUT2D eigenvalue weighted by Crippen LogP contribution is 2.43. The molecule has 0 aliphatic rings. The minimum Gasteiger partial charge on any atom is -0.465 e. The van der Waals surface area contributed by atoms with Crippen LogP contribution in [-0.4, -0.2) is 28.5 Å². The van der Waals surface area contributed by atoms with Gasteiger partial charge in [-0.3, -0.25) is 4.72 Å². The average Bonchev–Trinajstić information content (AvgIpc) is 3.30. The number of halogens is 1. The van der Waals surface area contributed by atoms with Crippen LogP contribution in [0.15, 0.2) is 100 Å². The first-order valence-corrected chi connectivity index (χ1v) is 14.3. The van der Waals surface area contributed by atoms with Gasteiger partial charge in [-0.15, -0.1) is 0 Å². The number of anilines is 2. The molecule has 0 aliphatic carbocycles. The van der Waals surface area contributed by atoms with E-state index in [2.05, 4.69) is 10.0 Å². The largest absolute Gasteiger partial charge is 0.465 e. The predicted octanol–water partition coefficient (Wildman–Crippen LogP) is 7.20. The van der Waals surface area contributed by atoms with Crippen molar-refractivity contribution in [1.82, 2.24) is 0 Å². The molecule has 0 unspecified atom stereocenters. The van der Waals surface area contributed by atoms with Crippen molar-refractivity contribution in [3.05, 3.63) is 124 Å². The van der Waals surface area contributed by atoms with Crippen molar-refractivity contribution in [3.63, 3.8) is 0 Å². The molecule has 9 heteroatoms. The molecule has 5 rings (SSSR count). The number of carbonyl (C=O) groups excluding carboxylic acids is 1. The summed E-state index contributed by atoms with van der Waals surface area (Å²) in [6.45, 7) is 1.89. The molecule has 7 nitrogen and oxygen atoms in total. The van der Waals surface area contributed by atoms with Gasteiger partial charge in [0.25, 0.3) is 10.0 Å². The lowest BCUT2D eigenvalue weighted by molar-refractivity contribution is 0.0601. The maximum atomic E-state index is 13.6. The zero-order valence-corrected chi connectivity index (χ0v) is 23.6. The van der Waals surface area contributed by atoms with E-state index in [-0.39, 0.29) is 4.90 Å². The number of methoxy groups -OCH3 is 1. The van der Waals surface area contributed by atoms with Crippen LogP contribution >= 0.6 is 11.6 Å². The van der Waals surface area contributed by atoms with Crippen molar-refractivity contribution in [3.8, 4) is 0 Å². The third-order valence-electron chi connectivity index (χ3n) is 6.69. The molecule has 5 aromatic rings. The van der Waals surface area contributed by atoms with E-state index in [1.54, 1.807) is 67.7 Å². The summed E-state index contributed by atoms with van der Waals surface area (Å²) in [6, 6.07) is 26.4. The van der Waals surface area contributed by atoms with Gasteiger partial charge in [-0.05, 0) is 66.6 Å². The van der Waals surface area contributed by atoms with Crippen LogP contribution in [0.2, 0.25) is 5.02 Å². The molecule has 4 aromatic carbocycles. The van der Waals surface area contributed by atoms with Crippen molar-refractivity contribution in [1.29, 1.82) is 0 Å². The van der Waals surface area contributed by atoms with Crippen LogP contribution in [0.3, 0.4) is 0 Å². The fourth-order valence-electron chi connectivity index (χ4n) is 4.70. The Morgan fingerprint density at radius 1 is 0.925 bits per heavy atom. The Morgan fingerprint density at radius 3 is 2.35 bits per heavy atom. The van der Waals surface area contributed by atoms with Crippen molar-refractivity contribution < 1.29 is 22.4 Å². The van der Waals surface area contributed by atoms with Gasteiger partial charge < -0.3 is 14.5 Å². The number of esters is 1. The Hall–Kier alpha value is -4.27. The van der Waals surface area contributed by atoms with E-state index >= 15 is 0 Å². The minimum atomic E-state index is -3.98. The molecule has 0 spiro atoms. The molecule has 1 heterocycles. The predicted molar refractivity (Wildman–Crippen MR) is 158 cm³/mol. The summed E-state index contributed by atoms with van der Waals surface area (Å²) < 4.78 is 41.4. The lowest BCUT2D eigenvalue weighted by atomic mass is 9.87. The highest BCUT2D eigenvalue weighted by Gasteiger charge is 2.30. The maximum absolute atomic E-state index is 13.6. The molecule has 0 amide bonds.